The molecule has 3 rings (SSSR count). The van der Waals surface area contributed by atoms with Gasteiger partial charge in [0.2, 0.25) is 5.91 Å². The Bertz CT molecular complexity index is 843. The molecule has 23 heavy (non-hydrogen) atoms. The molecular weight excluding hydrogens is 334 g/mol. The number of amides is 2. The third kappa shape index (κ3) is 3.49. The molecule has 0 unspecified atom stereocenters. The SMILES string of the molecule is COc1cccc2sc(NC(=O)CNC(=O)c3cccs3)nc12. The third-order valence-electron chi connectivity index (χ3n) is 3.00. The van der Waals surface area contributed by atoms with E-state index in [2.05, 4.69) is 15.6 Å². The van der Waals surface area contributed by atoms with Gasteiger partial charge < -0.3 is 15.4 Å². The lowest BCUT2D eigenvalue weighted by Gasteiger charge is -2.03. The number of hydrogen-bond donors (Lipinski definition) is 2. The van der Waals surface area contributed by atoms with Gasteiger partial charge in [-0.25, -0.2) is 4.98 Å². The van der Waals surface area contributed by atoms with E-state index >= 15 is 0 Å². The molecule has 8 heteroatoms. The topological polar surface area (TPSA) is 80.3 Å². The predicted molar refractivity (Wildman–Crippen MR) is 91.5 cm³/mol. The first kappa shape index (κ1) is 15.4. The molecule has 2 N–H and O–H groups in total. The van der Waals surface area contributed by atoms with Gasteiger partial charge in [-0.15, -0.1) is 11.3 Å². The lowest BCUT2D eigenvalue weighted by molar-refractivity contribution is -0.115. The van der Waals surface area contributed by atoms with Crippen molar-refractivity contribution in [3.8, 4) is 5.75 Å². The number of nitrogens with one attached hydrogen (secondary N) is 2. The van der Waals surface area contributed by atoms with Crippen molar-refractivity contribution in [2.45, 2.75) is 0 Å². The molecule has 0 saturated carbocycles. The normalized spacial score (nSPS) is 10.5. The van der Waals surface area contributed by atoms with Crippen LogP contribution in [0.25, 0.3) is 10.2 Å². The standard InChI is InChI=1S/C15H13N3O3S2/c1-21-9-4-2-5-10-13(9)18-15(23-10)17-12(19)8-16-14(20)11-6-3-7-22-11/h2-7H,8H2,1H3,(H,16,20)(H,17,18,19). The van der Waals surface area contributed by atoms with Crippen molar-refractivity contribution in [2.75, 3.05) is 19.0 Å². The minimum atomic E-state index is -0.326. The summed E-state index contributed by atoms with van der Waals surface area (Å²) >= 11 is 2.68. The number of thiazole rings is 1. The number of aromatic nitrogens is 1. The molecule has 0 bridgehead atoms. The molecule has 6 nitrogen and oxygen atoms in total. The van der Waals surface area contributed by atoms with E-state index in [1.54, 1.807) is 19.2 Å². The van der Waals surface area contributed by atoms with Crippen LogP contribution >= 0.6 is 22.7 Å². The van der Waals surface area contributed by atoms with Crippen LogP contribution in [0.1, 0.15) is 9.67 Å². The number of fused-ring (bicyclic) bond motifs is 1. The highest BCUT2D eigenvalue weighted by Crippen LogP contribution is 2.31. The van der Waals surface area contributed by atoms with Crippen LogP contribution in [0.2, 0.25) is 0 Å². The highest BCUT2D eigenvalue weighted by molar-refractivity contribution is 7.22. The Hall–Kier alpha value is -2.45. The lowest BCUT2D eigenvalue weighted by Crippen LogP contribution is -2.32. The molecule has 0 saturated heterocycles. The zero-order chi connectivity index (χ0) is 16.2. The molecule has 0 aliphatic carbocycles. The van der Waals surface area contributed by atoms with Gasteiger partial charge in [0.15, 0.2) is 5.13 Å². The number of para-hydroxylation sites is 1. The van der Waals surface area contributed by atoms with Gasteiger partial charge in [-0.05, 0) is 23.6 Å². The molecule has 0 aliphatic rings. The van der Waals surface area contributed by atoms with Gasteiger partial charge >= 0.3 is 0 Å². The van der Waals surface area contributed by atoms with E-state index < -0.39 is 0 Å². The number of carbonyl (C=O) groups excluding carboxylic acids is 2. The van der Waals surface area contributed by atoms with Gasteiger partial charge in [0, 0.05) is 0 Å². The maximum absolute atomic E-state index is 11.9. The number of benzene rings is 1. The number of anilines is 1. The summed E-state index contributed by atoms with van der Waals surface area (Å²) in [5, 5.41) is 7.54. The molecule has 2 aromatic heterocycles. The van der Waals surface area contributed by atoms with Gasteiger partial charge in [0.25, 0.3) is 5.91 Å². The van der Waals surface area contributed by atoms with Gasteiger partial charge in [-0.3, -0.25) is 9.59 Å². The van der Waals surface area contributed by atoms with E-state index in [4.69, 9.17) is 4.74 Å². The van der Waals surface area contributed by atoms with E-state index in [0.29, 0.717) is 21.3 Å². The molecule has 0 spiro atoms. The second kappa shape index (κ2) is 6.76. The fourth-order valence-corrected chi connectivity index (χ4v) is 3.50. The number of ether oxygens (including phenoxy) is 1. The Kier molecular flexibility index (Phi) is 4.54. The van der Waals surface area contributed by atoms with Crippen LogP contribution in [0.4, 0.5) is 5.13 Å². The Morgan fingerprint density at radius 1 is 1.26 bits per heavy atom. The first-order valence-corrected chi connectivity index (χ1v) is 8.42. The van der Waals surface area contributed by atoms with Crippen molar-refractivity contribution in [3.05, 3.63) is 40.6 Å². The average molecular weight is 347 g/mol. The maximum Gasteiger partial charge on any atom is 0.261 e. The van der Waals surface area contributed by atoms with Crippen LogP contribution in [-0.2, 0) is 4.79 Å². The largest absolute Gasteiger partial charge is 0.494 e. The summed E-state index contributed by atoms with van der Waals surface area (Å²) in [4.78, 5) is 28.6. The molecule has 0 aliphatic heterocycles. The average Bonchev–Trinajstić information content (AvgIpc) is 3.21. The number of carbonyl (C=O) groups is 2. The van der Waals surface area contributed by atoms with Crippen LogP contribution in [0.15, 0.2) is 35.7 Å². The Morgan fingerprint density at radius 3 is 2.87 bits per heavy atom. The van der Waals surface area contributed by atoms with E-state index in [1.807, 2.05) is 23.6 Å². The number of nitrogens with zero attached hydrogens (tertiary/aromatic N) is 1. The highest BCUT2D eigenvalue weighted by atomic mass is 32.1. The molecule has 0 radical (unpaired) electrons. The first-order valence-electron chi connectivity index (χ1n) is 6.72. The van der Waals surface area contributed by atoms with Crippen molar-refractivity contribution in [2.24, 2.45) is 0 Å². The summed E-state index contributed by atoms with van der Waals surface area (Å²) < 4.78 is 6.16. The van der Waals surface area contributed by atoms with Crippen molar-refractivity contribution < 1.29 is 14.3 Å². The molecule has 2 amide bonds. The number of thiophene rings is 1. The summed E-state index contributed by atoms with van der Waals surface area (Å²) in [5.41, 5.74) is 0.706. The second-order valence-corrected chi connectivity index (χ2v) is 6.51. The van der Waals surface area contributed by atoms with Crippen molar-refractivity contribution >= 4 is 49.8 Å². The van der Waals surface area contributed by atoms with E-state index in [0.717, 1.165) is 4.70 Å². The van der Waals surface area contributed by atoms with Crippen LogP contribution < -0.4 is 15.4 Å². The van der Waals surface area contributed by atoms with Crippen LogP contribution in [0, 0.1) is 0 Å². The molecule has 0 fully saturated rings. The fourth-order valence-electron chi connectivity index (χ4n) is 1.96. The second-order valence-electron chi connectivity index (χ2n) is 4.53. The summed E-state index contributed by atoms with van der Waals surface area (Å²) in [6.07, 6.45) is 0. The van der Waals surface area contributed by atoms with Crippen LogP contribution in [0.3, 0.4) is 0 Å². The minimum absolute atomic E-state index is 0.107. The van der Waals surface area contributed by atoms with Crippen molar-refractivity contribution in [3.63, 3.8) is 0 Å². The first-order chi connectivity index (χ1) is 11.2. The van der Waals surface area contributed by atoms with E-state index in [1.165, 1.54) is 22.7 Å². The van der Waals surface area contributed by atoms with Gasteiger partial charge in [0.1, 0.15) is 11.3 Å². The zero-order valence-corrected chi connectivity index (χ0v) is 13.8. The molecular formula is C15H13N3O3S2. The Morgan fingerprint density at radius 2 is 2.13 bits per heavy atom. The van der Waals surface area contributed by atoms with Crippen LogP contribution in [-0.4, -0.2) is 30.5 Å². The quantitative estimate of drug-likeness (QED) is 0.744. The highest BCUT2D eigenvalue weighted by Gasteiger charge is 2.12. The summed E-state index contributed by atoms with van der Waals surface area (Å²) in [5.74, 6) is 0.0688. The maximum atomic E-state index is 11.9. The Labute approximate surface area is 140 Å². The van der Waals surface area contributed by atoms with Gasteiger partial charge in [0.05, 0.1) is 23.2 Å². The fraction of sp³-hybridized carbons (Fsp3) is 0.133. The number of methoxy groups -OCH3 is 1. The summed E-state index contributed by atoms with van der Waals surface area (Å²) in [7, 11) is 1.58. The van der Waals surface area contributed by atoms with Crippen LogP contribution in [0.5, 0.6) is 5.75 Å². The zero-order valence-electron chi connectivity index (χ0n) is 12.2. The molecule has 118 valence electrons. The van der Waals surface area contributed by atoms with Crippen molar-refractivity contribution in [1.82, 2.24) is 10.3 Å². The molecule has 3 aromatic rings. The summed E-state index contributed by atoms with van der Waals surface area (Å²) in [6.45, 7) is -0.107. The number of hydrogen-bond acceptors (Lipinski definition) is 6. The van der Waals surface area contributed by atoms with E-state index in [9.17, 15) is 9.59 Å². The van der Waals surface area contributed by atoms with E-state index in [-0.39, 0.29) is 18.4 Å². The van der Waals surface area contributed by atoms with Gasteiger partial charge in [-0.2, -0.15) is 0 Å². The van der Waals surface area contributed by atoms with Gasteiger partial charge in [-0.1, -0.05) is 23.5 Å². The smallest absolute Gasteiger partial charge is 0.261 e. The van der Waals surface area contributed by atoms with Crippen molar-refractivity contribution in [1.29, 1.82) is 0 Å². The molecule has 2 heterocycles. The summed E-state index contributed by atoms with van der Waals surface area (Å²) in [6, 6.07) is 9.08. The third-order valence-corrected chi connectivity index (χ3v) is 4.81. The minimum Gasteiger partial charge on any atom is -0.494 e. The molecule has 1 aromatic carbocycles. The molecule has 0 atom stereocenters. The Balaban J connectivity index is 1.63. The lowest BCUT2D eigenvalue weighted by atomic mass is 10.3. The monoisotopic (exact) mass is 347 g/mol. The number of rotatable bonds is 5. The predicted octanol–water partition coefficient (Wildman–Crippen LogP) is 2.73.